The number of sulfonamides is 1. The van der Waals surface area contributed by atoms with Crippen LogP contribution in [0.1, 0.15) is 46.0 Å². The van der Waals surface area contributed by atoms with Gasteiger partial charge in [0.05, 0.1) is 6.26 Å². The monoisotopic (exact) mass is 373 g/mol. The van der Waals surface area contributed by atoms with Gasteiger partial charge in [-0.3, -0.25) is 9.59 Å². The van der Waals surface area contributed by atoms with Gasteiger partial charge in [0.2, 0.25) is 21.8 Å². The molecule has 2 rings (SSSR count). The van der Waals surface area contributed by atoms with Gasteiger partial charge in [-0.1, -0.05) is 13.8 Å². The second-order valence-electron chi connectivity index (χ2n) is 7.66. The van der Waals surface area contributed by atoms with Crippen molar-refractivity contribution in [1.82, 2.24) is 14.5 Å². The lowest BCUT2D eigenvalue weighted by Crippen LogP contribution is -2.51. The molecular weight excluding hydrogens is 342 g/mol. The largest absolute Gasteiger partial charge is 0.344 e. The van der Waals surface area contributed by atoms with Crippen molar-refractivity contribution in [3.05, 3.63) is 0 Å². The highest BCUT2D eigenvalue weighted by atomic mass is 32.2. The highest BCUT2D eigenvalue weighted by Gasteiger charge is 2.33. The normalized spacial score (nSPS) is 21.5. The number of hydrogen-bond acceptors (Lipinski definition) is 4. The average molecular weight is 374 g/mol. The first-order valence-corrected chi connectivity index (χ1v) is 11.1. The lowest BCUT2D eigenvalue weighted by atomic mass is 9.95. The van der Waals surface area contributed by atoms with E-state index in [4.69, 9.17) is 0 Å². The van der Waals surface area contributed by atoms with Crippen LogP contribution in [0, 0.1) is 11.8 Å². The third kappa shape index (κ3) is 5.67. The van der Waals surface area contributed by atoms with Crippen LogP contribution in [0.5, 0.6) is 0 Å². The molecule has 0 aromatic heterocycles. The lowest BCUT2D eigenvalue weighted by Gasteiger charge is -2.31. The van der Waals surface area contributed by atoms with Crippen LogP contribution in [0.4, 0.5) is 0 Å². The number of piperidine rings is 1. The van der Waals surface area contributed by atoms with E-state index in [1.165, 1.54) is 10.6 Å². The van der Waals surface area contributed by atoms with Crippen LogP contribution in [0.15, 0.2) is 0 Å². The third-order valence-electron chi connectivity index (χ3n) is 5.03. The standard InChI is InChI=1S/C17H31N3O4S/c1-13(2)12-15(17(22)19-8-4-5-9-19)18-16(21)14-6-10-20(11-7-14)25(3,23)24/h13-15H,4-12H2,1-3H3,(H,18,21)/t15-/m0/s1. The Kier molecular flexibility index (Phi) is 6.85. The summed E-state index contributed by atoms with van der Waals surface area (Å²) in [6.45, 7) is 6.37. The molecule has 0 aromatic carbocycles. The van der Waals surface area contributed by atoms with E-state index in [9.17, 15) is 18.0 Å². The fraction of sp³-hybridized carbons (Fsp3) is 0.882. The number of amides is 2. The predicted octanol–water partition coefficient (Wildman–Crippen LogP) is 0.811. The van der Waals surface area contributed by atoms with Crippen LogP contribution in [0.25, 0.3) is 0 Å². The number of hydrogen-bond donors (Lipinski definition) is 1. The van der Waals surface area contributed by atoms with Crippen molar-refractivity contribution < 1.29 is 18.0 Å². The van der Waals surface area contributed by atoms with Crippen molar-refractivity contribution >= 4 is 21.8 Å². The SMILES string of the molecule is CC(C)C[C@H](NC(=O)C1CCN(S(C)(=O)=O)CC1)C(=O)N1CCCC1. The Bertz CT molecular complexity index is 577. The number of nitrogens with zero attached hydrogens (tertiary/aromatic N) is 2. The third-order valence-corrected chi connectivity index (χ3v) is 6.34. The van der Waals surface area contributed by atoms with E-state index in [-0.39, 0.29) is 17.7 Å². The fourth-order valence-corrected chi connectivity index (χ4v) is 4.46. The van der Waals surface area contributed by atoms with Gasteiger partial charge in [0, 0.05) is 32.1 Å². The van der Waals surface area contributed by atoms with Crippen LogP contribution >= 0.6 is 0 Å². The van der Waals surface area contributed by atoms with Crippen LogP contribution in [0.2, 0.25) is 0 Å². The summed E-state index contributed by atoms with van der Waals surface area (Å²) < 4.78 is 24.6. The van der Waals surface area contributed by atoms with Crippen molar-refractivity contribution in [3.63, 3.8) is 0 Å². The molecule has 1 N–H and O–H groups in total. The van der Waals surface area contributed by atoms with E-state index < -0.39 is 16.1 Å². The number of carbonyl (C=O) groups is 2. The highest BCUT2D eigenvalue weighted by molar-refractivity contribution is 7.88. The molecule has 2 fully saturated rings. The molecule has 8 heteroatoms. The van der Waals surface area contributed by atoms with Crippen molar-refractivity contribution in [2.24, 2.45) is 11.8 Å². The molecule has 2 saturated heterocycles. The topological polar surface area (TPSA) is 86.8 Å². The number of nitrogens with one attached hydrogen (secondary N) is 1. The van der Waals surface area contributed by atoms with Gasteiger partial charge in [0.15, 0.2) is 0 Å². The molecule has 25 heavy (non-hydrogen) atoms. The van der Waals surface area contributed by atoms with Gasteiger partial charge >= 0.3 is 0 Å². The summed E-state index contributed by atoms with van der Waals surface area (Å²) in [4.78, 5) is 27.2. The van der Waals surface area contributed by atoms with Gasteiger partial charge in [-0.25, -0.2) is 12.7 Å². The van der Waals surface area contributed by atoms with E-state index in [0.29, 0.717) is 38.3 Å². The zero-order valence-electron chi connectivity index (χ0n) is 15.5. The Balaban J connectivity index is 1.94. The maximum absolute atomic E-state index is 12.7. The van der Waals surface area contributed by atoms with Gasteiger partial charge in [-0.2, -0.15) is 0 Å². The van der Waals surface area contributed by atoms with Crippen molar-refractivity contribution in [3.8, 4) is 0 Å². The molecule has 2 aliphatic heterocycles. The summed E-state index contributed by atoms with van der Waals surface area (Å²) in [6.07, 6.45) is 4.89. The highest BCUT2D eigenvalue weighted by Crippen LogP contribution is 2.20. The second-order valence-corrected chi connectivity index (χ2v) is 9.64. The zero-order valence-corrected chi connectivity index (χ0v) is 16.3. The maximum Gasteiger partial charge on any atom is 0.245 e. The molecule has 2 aliphatic rings. The van der Waals surface area contributed by atoms with Crippen LogP contribution < -0.4 is 5.32 Å². The summed E-state index contributed by atoms with van der Waals surface area (Å²) in [7, 11) is -3.20. The summed E-state index contributed by atoms with van der Waals surface area (Å²) in [5, 5.41) is 2.95. The van der Waals surface area contributed by atoms with E-state index >= 15 is 0 Å². The quantitative estimate of drug-likeness (QED) is 0.746. The molecule has 2 heterocycles. The Morgan fingerprint density at radius 2 is 1.64 bits per heavy atom. The molecule has 1 atom stereocenters. The van der Waals surface area contributed by atoms with E-state index in [2.05, 4.69) is 5.32 Å². The Morgan fingerprint density at radius 3 is 2.12 bits per heavy atom. The average Bonchev–Trinajstić information content (AvgIpc) is 3.06. The van der Waals surface area contributed by atoms with Crippen LogP contribution in [-0.4, -0.2) is 67.9 Å². The molecule has 0 spiro atoms. The van der Waals surface area contributed by atoms with Crippen molar-refractivity contribution in [2.45, 2.75) is 52.0 Å². The van der Waals surface area contributed by atoms with Crippen molar-refractivity contribution in [1.29, 1.82) is 0 Å². The maximum atomic E-state index is 12.7. The number of carbonyl (C=O) groups excluding carboxylic acids is 2. The Hall–Kier alpha value is -1.15. The molecule has 0 aliphatic carbocycles. The summed E-state index contributed by atoms with van der Waals surface area (Å²) in [6, 6.07) is -0.474. The summed E-state index contributed by atoms with van der Waals surface area (Å²) >= 11 is 0. The zero-order chi connectivity index (χ0) is 18.6. The van der Waals surface area contributed by atoms with Gasteiger partial charge in [-0.15, -0.1) is 0 Å². The fourth-order valence-electron chi connectivity index (χ4n) is 3.59. The molecule has 7 nitrogen and oxygen atoms in total. The van der Waals surface area contributed by atoms with E-state index in [0.717, 1.165) is 25.9 Å². The lowest BCUT2D eigenvalue weighted by molar-refractivity contribution is -0.137. The summed E-state index contributed by atoms with van der Waals surface area (Å²) in [5.41, 5.74) is 0. The number of rotatable bonds is 6. The smallest absolute Gasteiger partial charge is 0.245 e. The first kappa shape index (κ1) is 20.2. The van der Waals surface area contributed by atoms with E-state index in [1.807, 2.05) is 18.7 Å². The minimum Gasteiger partial charge on any atom is -0.344 e. The Labute approximate surface area is 151 Å². The van der Waals surface area contributed by atoms with Gasteiger partial charge in [0.25, 0.3) is 0 Å². The molecular formula is C17H31N3O4S. The minimum absolute atomic E-state index is 0.0214. The molecule has 144 valence electrons. The summed E-state index contributed by atoms with van der Waals surface area (Å²) in [5.74, 6) is -0.0116. The minimum atomic E-state index is -3.20. The van der Waals surface area contributed by atoms with Crippen LogP contribution in [0.3, 0.4) is 0 Å². The first-order chi connectivity index (χ1) is 11.7. The van der Waals surface area contributed by atoms with Crippen molar-refractivity contribution in [2.75, 3.05) is 32.4 Å². The van der Waals surface area contributed by atoms with Crippen LogP contribution in [-0.2, 0) is 19.6 Å². The van der Waals surface area contributed by atoms with Gasteiger partial charge in [0.1, 0.15) is 6.04 Å². The van der Waals surface area contributed by atoms with Gasteiger partial charge < -0.3 is 10.2 Å². The molecule has 0 saturated carbocycles. The molecule has 0 bridgehead atoms. The Morgan fingerprint density at radius 1 is 1.08 bits per heavy atom. The predicted molar refractivity (Wildman–Crippen MR) is 96.3 cm³/mol. The molecule has 0 unspecified atom stereocenters. The molecule has 0 aromatic rings. The second kappa shape index (κ2) is 8.49. The number of likely N-dealkylation sites (tertiary alicyclic amines) is 1. The van der Waals surface area contributed by atoms with Gasteiger partial charge in [-0.05, 0) is 38.0 Å². The van der Waals surface area contributed by atoms with E-state index in [1.54, 1.807) is 0 Å². The first-order valence-electron chi connectivity index (χ1n) is 9.22. The molecule has 0 radical (unpaired) electrons. The molecule has 2 amide bonds.